The third-order valence-electron chi connectivity index (χ3n) is 4.64. The molecule has 0 aromatic heterocycles. The van der Waals surface area contributed by atoms with Gasteiger partial charge >= 0.3 is 0 Å². The lowest BCUT2D eigenvalue weighted by molar-refractivity contribution is -0.385. The average molecular weight is 442 g/mol. The van der Waals surface area contributed by atoms with E-state index in [0.29, 0.717) is 5.69 Å². The van der Waals surface area contributed by atoms with E-state index in [2.05, 4.69) is 0 Å². The zero-order chi connectivity index (χ0) is 21.3. The molecule has 0 radical (unpaired) electrons. The molecule has 1 aliphatic heterocycles. The maximum atomic E-state index is 14.0. The van der Waals surface area contributed by atoms with Gasteiger partial charge < -0.3 is 9.80 Å². The highest BCUT2D eigenvalue weighted by molar-refractivity contribution is 7.90. The number of nitro groups is 1. The van der Waals surface area contributed by atoms with Crippen LogP contribution in [0.3, 0.4) is 0 Å². The Bertz CT molecular complexity index is 1060. The van der Waals surface area contributed by atoms with Crippen molar-refractivity contribution in [3.8, 4) is 0 Å². The Labute approximate surface area is 171 Å². The lowest BCUT2D eigenvalue weighted by atomic mass is 10.1. The van der Waals surface area contributed by atoms with E-state index >= 15 is 0 Å². The van der Waals surface area contributed by atoms with Gasteiger partial charge in [0.15, 0.2) is 9.84 Å². The number of benzene rings is 2. The first kappa shape index (κ1) is 21.0. The molecule has 0 saturated carbocycles. The van der Waals surface area contributed by atoms with Crippen molar-refractivity contribution >= 4 is 38.7 Å². The molecule has 0 spiro atoms. The standard InChI is InChI=1S/C18H17ClFN3O5S/c1-29(27,28)16-11-12(23(25)26)5-6-15(16)21-7-9-22(10-8-21)18(24)17-13(19)3-2-4-14(17)20/h2-6,11H,7-10H2,1H3. The number of rotatable bonds is 4. The number of non-ortho nitro benzene ring substituents is 1. The third kappa shape index (κ3) is 4.33. The van der Waals surface area contributed by atoms with Crippen molar-refractivity contribution < 1.29 is 22.5 Å². The van der Waals surface area contributed by atoms with Gasteiger partial charge in [0.25, 0.3) is 11.6 Å². The smallest absolute Gasteiger partial charge is 0.270 e. The van der Waals surface area contributed by atoms with E-state index in [1.165, 1.54) is 29.2 Å². The second-order valence-electron chi connectivity index (χ2n) is 6.56. The summed E-state index contributed by atoms with van der Waals surface area (Å²) in [5.74, 6) is -1.25. The van der Waals surface area contributed by atoms with Gasteiger partial charge in [-0.2, -0.15) is 0 Å². The van der Waals surface area contributed by atoms with Crippen molar-refractivity contribution in [3.05, 3.63) is 62.9 Å². The lowest BCUT2D eigenvalue weighted by Gasteiger charge is -2.36. The molecule has 2 aromatic rings. The summed E-state index contributed by atoms with van der Waals surface area (Å²) in [6.45, 7) is 0.976. The molecule has 154 valence electrons. The number of nitrogens with zero attached hydrogens (tertiary/aromatic N) is 3. The maximum Gasteiger partial charge on any atom is 0.270 e. The highest BCUT2D eigenvalue weighted by Gasteiger charge is 2.28. The number of piperazine rings is 1. The molecule has 0 atom stereocenters. The van der Waals surface area contributed by atoms with Crippen LogP contribution in [0.1, 0.15) is 10.4 Å². The largest absolute Gasteiger partial charge is 0.367 e. The Hall–Kier alpha value is -2.72. The summed E-state index contributed by atoms with van der Waals surface area (Å²) in [4.78, 5) is 26.0. The van der Waals surface area contributed by atoms with Gasteiger partial charge in [-0.05, 0) is 18.2 Å². The number of carbonyl (C=O) groups excluding carboxylic acids is 1. The maximum absolute atomic E-state index is 14.0. The zero-order valence-electron chi connectivity index (χ0n) is 15.3. The molecule has 1 heterocycles. The Balaban J connectivity index is 1.83. The molecule has 0 unspecified atom stereocenters. The van der Waals surface area contributed by atoms with E-state index in [4.69, 9.17) is 11.6 Å². The van der Waals surface area contributed by atoms with Gasteiger partial charge in [-0.25, -0.2) is 12.8 Å². The molecule has 0 aliphatic carbocycles. The van der Waals surface area contributed by atoms with E-state index in [0.717, 1.165) is 18.4 Å². The first-order valence-corrected chi connectivity index (χ1v) is 10.8. The SMILES string of the molecule is CS(=O)(=O)c1cc([N+](=O)[O-])ccc1N1CCN(C(=O)c2c(F)cccc2Cl)CC1. The quantitative estimate of drug-likeness (QED) is 0.534. The fourth-order valence-corrected chi connectivity index (χ4v) is 4.34. The number of anilines is 1. The molecule has 8 nitrogen and oxygen atoms in total. The summed E-state index contributed by atoms with van der Waals surface area (Å²) in [5, 5.41) is 11.0. The summed E-state index contributed by atoms with van der Waals surface area (Å²) in [5.41, 5.74) is -0.193. The monoisotopic (exact) mass is 441 g/mol. The zero-order valence-corrected chi connectivity index (χ0v) is 16.9. The predicted octanol–water partition coefficient (Wildman–Crippen LogP) is 2.75. The molecule has 0 bridgehead atoms. The molecule has 11 heteroatoms. The number of nitro benzene ring substituents is 1. The van der Waals surface area contributed by atoms with Crippen LogP contribution in [-0.2, 0) is 9.84 Å². The highest BCUT2D eigenvalue weighted by atomic mass is 35.5. The molecule has 1 saturated heterocycles. The van der Waals surface area contributed by atoms with Gasteiger partial charge in [0.2, 0.25) is 0 Å². The number of amides is 1. The summed E-state index contributed by atoms with van der Waals surface area (Å²) in [6, 6.07) is 7.66. The van der Waals surface area contributed by atoms with Crippen molar-refractivity contribution in [1.82, 2.24) is 4.90 Å². The van der Waals surface area contributed by atoms with E-state index in [-0.39, 0.29) is 47.3 Å². The predicted molar refractivity (Wildman–Crippen MR) is 106 cm³/mol. The molecule has 3 rings (SSSR count). The molecular weight excluding hydrogens is 425 g/mol. The molecule has 1 amide bonds. The van der Waals surface area contributed by atoms with Crippen molar-refractivity contribution in [2.24, 2.45) is 0 Å². The second-order valence-corrected chi connectivity index (χ2v) is 8.95. The minimum Gasteiger partial charge on any atom is -0.367 e. The van der Waals surface area contributed by atoms with E-state index in [1.807, 2.05) is 0 Å². The van der Waals surface area contributed by atoms with Crippen LogP contribution in [0.5, 0.6) is 0 Å². The molecule has 29 heavy (non-hydrogen) atoms. The summed E-state index contributed by atoms with van der Waals surface area (Å²) >= 11 is 5.96. The average Bonchev–Trinajstić information content (AvgIpc) is 2.66. The van der Waals surface area contributed by atoms with Crippen LogP contribution in [0.15, 0.2) is 41.3 Å². The van der Waals surface area contributed by atoms with E-state index in [9.17, 15) is 27.7 Å². The fraction of sp³-hybridized carbons (Fsp3) is 0.278. The minimum absolute atomic E-state index is 0.0205. The number of carbonyl (C=O) groups is 1. The Morgan fingerprint density at radius 2 is 1.83 bits per heavy atom. The third-order valence-corrected chi connectivity index (χ3v) is 6.08. The first-order valence-electron chi connectivity index (χ1n) is 8.56. The number of hydrogen-bond acceptors (Lipinski definition) is 6. The molecule has 1 aliphatic rings. The fourth-order valence-electron chi connectivity index (χ4n) is 3.19. The number of hydrogen-bond donors (Lipinski definition) is 0. The molecule has 1 fully saturated rings. The Morgan fingerprint density at radius 1 is 1.17 bits per heavy atom. The first-order chi connectivity index (χ1) is 13.6. The van der Waals surface area contributed by atoms with Crippen LogP contribution in [0.2, 0.25) is 5.02 Å². The number of sulfone groups is 1. The highest BCUT2D eigenvalue weighted by Crippen LogP contribution is 2.30. The minimum atomic E-state index is -3.72. The lowest BCUT2D eigenvalue weighted by Crippen LogP contribution is -2.49. The van der Waals surface area contributed by atoms with Crippen LogP contribution in [-0.4, -0.2) is 56.6 Å². The van der Waals surface area contributed by atoms with E-state index in [1.54, 1.807) is 4.90 Å². The topological polar surface area (TPSA) is 101 Å². The Morgan fingerprint density at radius 3 is 2.38 bits per heavy atom. The molecular formula is C18H17ClFN3O5S. The normalized spacial score (nSPS) is 14.7. The summed E-state index contributed by atoms with van der Waals surface area (Å²) < 4.78 is 38.3. The summed E-state index contributed by atoms with van der Waals surface area (Å²) in [7, 11) is -3.72. The molecule has 2 aromatic carbocycles. The van der Waals surface area contributed by atoms with Crippen LogP contribution in [0, 0.1) is 15.9 Å². The van der Waals surface area contributed by atoms with Crippen LogP contribution in [0.25, 0.3) is 0 Å². The van der Waals surface area contributed by atoms with Crippen LogP contribution in [0.4, 0.5) is 15.8 Å². The van der Waals surface area contributed by atoms with Crippen LogP contribution < -0.4 is 4.90 Å². The van der Waals surface area contributed by atoms with Crippen molar-refractivity contribution in [3.63, 3.8) is 0 Å². The van der Waals surface area contributed by atoms with Gasteiger partial charge in [-0.3, -0.25) is 14.9 Å². The van der Waals surface area contributed by atoms with Crippen molar-refractivity contribution in [2.45, 2.75) is 4.90 Å². The van der Waals surface area contributed by atoms with Gasteiger partial charge in [0.1, 0.15) is 5.82 Å². The van der Waals surface area contributed by atoms with Gasteiger partial charge in [0, 0.05) is 44.6 Å². The second kappa shape index (κ2) is 7.96. The van der Waals surface area contributed by atoms with Gasteiger partial charge in [-0.15, -0.1) is 0 Å². The van der Waals surface area contributed by atoms with Gasteiger partial charge in [0.05, 0.1) is 26.1 Å². The van der Waals surface area contributed by atoms with Crippen molar-refractivity contribution in [2.75, 3.05) is 37.3 Å². The van der Waals surface area contributed by atoms with E-state index < -0.39 is 26.5 Å². The number of halogens is 2. The van der Waals surface area contributed by atoms with Crippen LogP contribution >= 0.6 is 11.6 Å². The summed E-state index contributed by atoms with van der Waals surface area (Å²) in [6.07, 6.45) is 0.982. The van der Waals surface area contributed by atoms with Gasteiger partial charge in [-0.1, -0.05) is 17.7 Å². The van der Waals surface area contributed by atoms with Crippen molar-refractivity contribution in [1.29, 1.82) is 0 Å². The molecule has 0 N–H and O–H groups in total. The Kier molecular flexibility index (Phi) is 5.76.